The van der Waals surface area contributed by atoms with Crippen LogP contribution in [0.2, 0.25) is 0 Å². The zero-order valence-electron chi connectivity index (χ0n) is 12.8. The second-order valence-corrected chi connectivity index (χ2v) is 5.06. The Morgan fingerprint density at radius 1 is 1.33 bits per heavy atom. The molecule has 0 saturated heterocycles. The van der Waals surface area contributed by atoms with Crippen LogP contribution in [-0.4, -0.2) is 58.2 Å². The number of likely N-dealkylation sites (N-methyl/N-ethyl adjacent to an activating group) is 1. The molecule has 0 aliphatic rings. The highest BCUT2D eigenvalue weighted by molar-refractivity contribution is 5.94. The van der Waals surface area contributed by atoms with E-state index in [4.69, 9.17) is 0 Å². The molecular weight excluding hydrogens is 268 g/mol. The van der Waals surface area contributed by atoms with Crippen LogP contribution in [0.5, 0.6) is 0 Å². The topological polar surface area (TPSA) is 67.2 Å². The Kier molecular flexibility index (Phi) is 4.52. The summed E-state index contributed by atoms with van der Waals surface area (Å²) in [4.78, 5) is 24.4. The normalized spacial score (nSPS) is 10.5. The van der Waals surface area contributed by atoms with Gasteiger partial charge in [-0.3, -0.25) is 9.48 Å². The molecule has 0 N–H and O–H groups in total. The highest BCUT2D eigenvalue weighted by Crippen LogP contribution is 2.11. The molecule has 0 aliphatic heterocycles. The maximum Gasteiger partial charge on any atom is 0.257 e. The van der Waals surface area contributed by atoms with Crippen LogP contribution in [0.15, 0.2) is 24.7 Å². The fourth-order valence-electron chi connectivity index (χ4n) is 1.87. The monoisotopic (exact) mass is 288 g/mol. The van der Waals surface area contributed by atoms with Crippen molar-refractivity contribution in [3.63, 3.8) is 0 Å². The summed E-state index contributed by atoms with van der Waals surface area (Å²) >= 11 is 0. The number of rotatable bonds is 5. The molecule has 1 amide bonds. The van der Waals surface area contributed by atoms with E-state index >= 15 is 0 Å². The second-order valence-electron chi connectivity index (χ2n) is 5.06. The fraction of sp³-hybridized carbons (Fsp3) is 0.429. The lowest BCUT2D eigenvalue weighted by Crippen LogP contribution is -2.31. The van der Waals surface area contributed by atoms with Gasteiger partial charge in [0.05, 0.1) is 17.8 Å². The van der Waals surface area contributed by atoms with Crippen molar-refractivity contribution < 1.29 is 4.79 Å². The number of aromatic nitrogens is 4. The van der Waals surface area contributed by atoms with Crippen LogP contribution in [0, 0.1) is 6.92 Å². The van der Waals surface area contributed by atoms with Crippen molar-refractivity contribution in [3.05, 3.63) is 35.9 Å². The van der Waals surface area contributed by atoms with Crippen molar-refractivity contribution >= 4 is 11.9 Å². The van der Waals surface area contributed by atoms with Gasteiger partial charge in [-0.1, -0.05) is 0 Å². The molecule has 21 heavy (non-hydrogen) atoms. The number of carbonyl (C=O) groups excluding carboxylic acids is 1. The minimum atomic E-state index is -0.0787. The molecule has 2 rings (SSSR count). The molecular formula is C14H20N6O. The molecule has 0 bridgehead atoms. The molecule has 0 aliphatic carbocycles. The predicted molar refractivity (Wildman–Crippen MR) is 80.3 cm³/mol. The second kappa shape index (κ2) is 6.34. The van der Waals surface area contributed by atoms with E-state index in [-0.39, 0.29) is 5.91 Å². The number of hydrogen-bond acceptors (Lipinski definition) is 5. The number of carbonyl (C=O) groups is 1. The van der Waals surface area contributed by atoms with Crippen molar-refractivity contribution in [1.82, 2.24) is 24.6 Å². The Hall–Kier alpha value is -2.44. The molecule has 0 unspecified atom stereocenters. The van der Waals surface area contributed by atoms with Gasteiger partial charge in [-0.05, 0) is 13.0 Å². The van der Waals surface area contributed by atoms with Gasteiger partial charge in [0.25, 0.3) is 5.91 Å². The van der Waals surface area contributed by atoms with E-state index < -0.39 is 0 Å². The smallest absolute Gasteiger partial charge is 0.257 e. The van der Waals surface area contributed by atoms with Gasteiger partial charge in [0.15, 0.2) is 0 Å². The van der Waals surface area contributed by atoms with E-state index in [0.29, 0.717) is 30.3 Å². The number of amides is 1. The van der Waals surface area contributed by atoms with E-state index in [1.807, 2.05) is 38.2 Å². The van der Waals surface area contributed by atoms with Crippen LogP contribution in [0.4, 0.5) is 5.95 Å². The van der Waals surface area contributed by atoms with Gasteiger partial charge in [-0.2, -0.15) is 5.10 Å². The molecule has 112 valence electrons. The van der Waals surface area contributed by atoms with Gasteiger partial charge in [0.1, 0.15) is 0 Å². The lowest BCUT2D eigenvalue weighted by atomic mass is 10.2. The largest absolute Gasteiger partial charge is 0.347 e. The molecule has 2 heterocycles. The summed E-state index contributed by atoms with van der Waals surface area (Å²) in [6.07, 6.45) is 5.18. The fourth-order valence-corrected chi connectivity index (χ4v) is 1.87. The molecule has 0 fully saturated rings. The van der Waals surface area contributed by atoms with Crippen LogP contribution in [-0.2, 0) is 6.54 Å². The Labute approximate surface area is 124 Å². The first-order valence-electron chi connectivity index (χ1n) is 6.73. The SMILES string of the molecule is Cc1nc(N(C)C)ncc1C(=O)N(C)CCn1cccn1. The average molecular weight is 288 g/mol. The maximum absolute atomic E-state index is 12.4. The number of nitrogens with zero attached hydrogens (tertiary/aromatic N) is 6. The van der Waals surface area contributed by atoms with E-state index in [9.17, 15) is 4.79 Å². The van der Waals surface area contributed by atoms with Crippen LogP contribution in [0.3, 0.4) is 0 Å². The zero-order valence-corrected chi connectivity index (χ0v) is 12.8. The third kappa shape index (κ3) is 3.56. The van der Waals surface area contributed by atoms with Crippen molar-refractivity contribution in [2.24, 2.45) is 0 Å². The Morgan fingerprint density at radius 3 is 2.67 bits per heavy atom. The van der Waals surface area contributed by atoms with E-state index in [1.54, 1.807) is 29.0 Å². The Bertz CT molecular complexity index is 608. The summed E-state index contributed by atoms with van der Waals surface area (Å²) in [5.41, 5.74) is 1.22. The molecule has 0 atom stereocenters. The van der Waals surface area contributed by atoms with Gasteiger partial charge in [0, 0.05) is 46.3 Å². The van der Waals surface area contributed by atoms with Gasteiger partial charge in [-0.15, -0.1) is 0 Å². The molecule has 7 heteroatoms. The predicted octanol–water partition coefficient (Wildman–Crippen LogP) is 0.820. The summed E-state index contributed by atoms with van der Waals surface area (Å²) in [5.74, 6) is 0.521. The van der Waals surface area contributed by atoms with E-state index in [2.05, 4.69) is 15.1 Å². The number of aryl methyl sites for hydroxylation is 1. The lowest BCUT2D eigenvalue weighted by molar-refractivity contribution is 0.0787. The first kappa shape index (κ1) is 15.0. The summed E-state index contributed by atoms with van der Waals surface area (Å²) in [7, 11) is 5.50. The summed E-state index contributed by atoms with van der Waals surface area (Å²) in [6, 6.07) is 1.86. The Morgan fingerprint density at radius 2 is 2.10 bits per heavy atom. The van der Waals surface area contributed by atoms with Crippen molar-refractivity contribution in [2.45, 2.75) is 13.5 Å². The molecule has 7 nitrogen and oxygen atoms in total. The molecule has 2 aromatic heterocycles. The quantitative estimate of drug-likeness (QED) is 0.815. The minimum Gasteiger partial charge on any atom is -0.347 e. The number of hydrogen-bond donors (Lipinski definition) is 0. The van der Waals surface area contributed by atoms with Crippen LogP contribution in [0.25, 0.3) is 0 Å². The molecule has 0 aromatic carbocycles. The van der Waals surface area contributed by atoms with Gasteiger partial charge in [-0.25, -0.2) is 9.97 Å². The first-order chi connectivity index (χ1) is 9.99. The zero-order chi connectivity index (χ0) is 15.4. The van der Waals surface area contributed by atoms with Gasteiger partial charge < -0.3 is 9.80 Å². The molecule has 0 spiro atoms. The third-order valence-corrected chi connectivity index (χ3v) is 3.17. The van der Waals surface area contributed by atoms with E-state index in [0.717, 1.165) is 0 Å². The van der Waals surface area contributed by atoms with Crippen LogP contribution >= 0.6 is 0 Å². The highest BCUT2D eigenvalue weighted by Gasteiger charge is 2.16. The highest BCUT2D eigenvalue weighted by atomic mass is 16.2. The molecule has 0 saturated carbocycles. The van der Waals surface area contributed by atoms with E-state index in [1.165, 1.54) is 0 Å². The molecule has 0 radical (unpaired) electrons. The van der Waals surface area contributed by atoms with Crippen molar-refractivity contribution in [2.75, 3.05) is 32.6 Å². The summed E-state index contributed by atoms with van der Waals surface area (Å²) in [5, 5.41) is 4.12. The Balaban J connectivity index is 2.05. The van der Waals surface area contributed by atoms with Crippen molar-refractivity contribution in [1.29, 1.82) is 0 Å². The average Bonchev–Trinajstić information content (AvgIpc) is 2.97. The van der Waals surface area contributed by atoms with Crippen molar-refractivity contribution in [3.8, 4) is 0 Å². The van der Waals surface area contributed by atoms with Gasteiger partial charge in [0.2, 0.25) is 5.95 Å². The van der Waals surface area contributed by atoms with Crippen LogP contribution in [0.1, 0.15) is 16.1 Å². The number of anilines is 1. The minimum absolute atomic E-state index is 0.0787. The maximum atomic E-state index is 12.4. The molecule has 2 aromatic rings. The van der Waals surface area contributed by atoms with Gasteiger partial charge >= 0.3 is 0 Å². The van der Waals surface area contributed by atoms with Crippen LogP contribution < -0.4 is 4.90 Å². The summed E-state index contributed by atoms with van der Waals surface area (Å²) in [6.45, 7) is 3.06. The first-order valence-corrected chi connectivity index (χ1v) is 6.73. The summed E-state index contributed by atoms with van der Waals surface area (Å²) < 4.78 is 1.79. The third-order valence-electron chi connectivity index (χ3n) is 3.17. The standard InChI is InChI=1S/C14H20N6O/c1-11-12(10-15-14(17-11)18(2)3)13(21)19(4)8-9-20-7-5-6-16-20/h5-7,10H,8-9H2,1-4H3. The lowest BCUT2D eigenvalue weighted by Gasteiger charge is -2.18.